The number of benzene rings is 1. The number of hydrogen-bond donors (Lipinski definition) is 2. The van der Waals surface area contributed by atoms with E-state index >= 15 is 0 Å². The van der Waals surface area contributed by atoms with Gasteiger partial charge in [0.1, 0.15) is 6.04 Å². The Bertz CT molecular complexity index is 364. The van der Waals surface area contributed by atoms with Crippen molar-refractivity contribution in [1.29, 1.82) is 0 Å². The second-order valence-corrected chi connectivity index (χ2v) is 4.99. The first kappa shape index (κ1) is 15.7. The SMILES string of the molecule is CCCCC(CC)N[C@@H](Cc1ccccc1)C(=O)O. The molecule has 2 N–H and O–H groups in total. The number of aliphatic carboxylic acids is 1. The van der Waals surface area contributed by atoms with Gasteiger partial charge in [-0.3, -0.25) is 4.79 Å². The Kier molecular flexibility index (Phi) is 7.19. The Labute approximate surface area is 116 Å². The quantitative estimate of drug-likeness (QED) is 0.719. The average molecular weight is 263 g/mol. The van der Waals surface area contributed by atoms with Crippen LogP contribution < -0.4 is 5.32 Å². The fourth-order valence-electron chi connectivity index (χ4n) is 2.21. The minimum absolute atomic E-state index is 0.296. The molecule has 0 aliphatic carbocycles. The molecule has 0 aliphatic heterocycles. The first-order valence-corrected chi connectivity index (χ1v) is 7.20. The van der Waals surface area contributed by atoms with Crippen LogP contribution in [-0.2, 0) is 11.2 Å². The first-order chi connectivity index (χ1) is 9.17. The zero-order chi connectivity index (χ0) is 14.1. The summed E-state index contributed by atoms with van der Waals surface area (Å²) in [6.45, 7) is 4.26. The van der Waals surface area contributed by atoms with Gasteiger partial charge in [0.25, 0.3) is 0 Å². The Morgan fingerprint density at radius 3 is 2.47 bits per heavy atom. The molecule has 0 aromatic heterocycles. The van der Waals surface area contributed by atoms with Gasteiger partial charge < -0.3 is 10.4 Å². The molecule has 0 aliphatic rings. The van der Waals surface area contributed by atoms with Crippen molar-refractivity contribution >= 4 is 5.97 Å². The van der Waals surface area contributed by atoms with E-state index in [1.807, 2.05) is 30.3 Å². The number of nitrogens with one attached hydrogen (secondary N) is 1. The zero-order valence-electron chi connectivity index (χ0n) is 11.9. The average Bonchev–Trinajstić information content (AvgIpc) is 2.43. The summed E-state index contributed by atoms with van der Waals surface area (Å²) in [4.78, 5) is 11.4. The smallest absolute Gasteiger partial charge is 0.321 e. The van der Waals surface area contributed by atoms with Crippen LogP contribution in [0.2, 0.25) is 0 Å². The van der Waals surface area contributed by atoms with Gasteiger partial charge in [0.15, 0.2) is 0 Å². The highest BCUT2D eigenvalue weighted by molar-refractivity contribution is 5.74. The summed E-state index contributed by atoms with van der Waals surface area (Å²) < 4.78 is 0. The highest BCUT2D eigenvalue weighted by Crippen LogP contribution is 2.09. The maximum Gasteiger partial charge on any atom is 0.321 e. The predicted octanol–water partition coefficient (Wildman–Crippen LogP) is 3.24. The first-order valence-electron chi connectivity index (χ1n) is 7.20. The second-order valence-electron chi connectivity index (χ2n) is 4.99. The molecule has 3 heteroatoms. The summed E-state index contributed by atoms with van der Waals surface area (Å²) in [5.74, 6) is -0.765. The van der Waals surface area contributed by atoms with Crippen LogP contribution in [0.3, 0.4) is 0 Å². The molecule has 0 saturated heterocycles. The number of rotatable bonds is 9. The van der Waals surface area contributed by atoms with Gasteiger partial charge in [-0.05, 0) is 24.8 Å². The maximum atomic E-state index is 11.4. The summed E-state index contributed by atoms with van der Waals surface area (Å²) in [6.07, 6.45) is 4.85. The number of unbranched alkanes of at least 4 members (excludes halogenated alkanes) is 1. The normalized spacial score (nSPS) is 14.0. The molecule has 0 heterocycles. The van der Waals surface area contributed by atoms with Crippen LogP contribution >= 0.6 is 0 Å². The van der Waals surface area contributed by atoms with E-state index in [-0.39, 0.29) is 0 Å². The van der Waals surface area contributed by atoms with Gasteiger partial charge >= 0.3 is 5.97 Å². The monoisotopic (exact) mass is 263 g/mol. The van der Waals surface area contributed by atoms with Gasteiger partial charge in [0.2, 0.25) is 0 Å². The minimum Gasteiger partial charge on any atom is -0.480 e. The van der Waals surface area contributed by atoms with Crippen LogP contribution in [0, 0.1) is 0 Å². The lowest BCUT2D eigenvalue weighted by Crippen LogP contribution is -2.44. The molecule has 1 aromatic carbocycles. The topological polar surface area (TPSA) is 49.3 Å². The molecule has 0 bridgehead atoms. The fraction of sp³-hybridized carbons (Fsp3) is 0.562. The Morgan fingerprint density at radius 2 is 1.95 bits per heavy atom. The predicted molar refractivity (Wildman–Crippen MR) is 78.3 cm³/mol. The van der Waals surface area contributed by atoms with Crippen molar-refractivity contribution in [3.05, 3.63) is 35.9 Å². The van der Waals surface area contributed by atoms with E-state index in [1.54, 1.807) is 0 Å². The largest absolute Gasteiger partial charge is 0.480 e. The summed E-state index contributed by atoms with van der Waals surface area (Å²) in [6, 6.07) is 9.59. The molecular weight excluding hydrogens is 238 g/mol. The third-order valence-corrected chi connectivity index (χ3v) is 3.42. The summed E-state index contributed by atoms with van der Waals surface area (Å²) >= 11 is 0. The van der Waals surface area contributed by atoms with Crippen molar-refractivity contribution in [2.45, 2.75) is 58.0 Å². The molecule has 1 rings (SSSR count). The standard InChI is InChI=1S/C16H25NO2/c1-3-5-11-14(4-2)17-15(16(18)19)12-13-9-7-6-8-10-13/h6-10,14-15,17H,3-5,11-12H2,1-2H3,(H,18,19)/t14?,15-/m0/s1. The molecule has 0 spiro atoms. The fourth-order valence-corrected chi connectivity index (χ4v) is 2.21. The molecule has 0 fully saturated rings. The third kappa shape index (κ3) is 5.88. The van der Waals surface area contributed by atoms with Crippen LogP contribution in [0.25, 0.3) is 0 Å². The molecule has 0 saturated carbocycles. The van der Waals surface area contributed by atoms with Crippen molar-refractivity contribution in [3.63, 3.8) is 0 Å². The molecule has 19 heavy (non-hydrogen) atoms. The van der Waals surface area contributed by atoms with E-state index in [9.17, 15) is 9.90 Å². The van der Waals surface area contributed by atoms with Crippen LogP contribution in [-0.4, -0.2) is 23.2 Å². The molecule has 2 atom stereocenters. The Hall–Kier alpha value is -1.35. The van der Waals surface area contributed by atoms with Gasteiger partial charge in [-0.15, -0.1) is 0 Å². The van der Waals surface area contributed by atoms with Gasteiger partial charge in [-0.25, -0.2) is 0 Å². The van der Waals surface area contributed by atoms with Gasteiger partial charge in [0.05, 0.1) is 0 Å². The van der Waals surface area contributed by atoms with E-state index in [4.69, 9.17) is 0 Å². The van der Waals surface area contributed by atoms with E-state index in [1.165, 1.54) is 0 Å². The highest BCUT2D eigenvalue weighted by atomic mass is 16.4. The van der Waals surface area contributed by atoms with Crippen molar-refractivity contribution in [2.75, 3.05) is 0 Å². The van der Waals surface area contributed by atoms with Crippen LogP contribution in [0.15, 0.2) is 30.3 Å². The lowest BCUT2D eigenvalue weighted by atomic mass is 10.0. The molecule has 106 valence electrons. The van der Waals surface area contributed by atoms with Crippen molar-refractivity contribution in [2.24, 2.45) is 0 Å². The lowest BCUT2D eigenvalue weighted by Gasteiger charge is -2.22. The van der Waals surface area contributed by atoms with Crippen molar-refractivity contribution < 1.29 is 9.90 Å². The number of hydrogen-bond acceptors (Lipinski definition) is 2. The molecule has 0 amide bonds. The summed E-state index contributed by atoms with van der Waals surface area (Å²) in [7, 11) is 0. The minimum atomic E-state index is -0.765. The van der Waals surface area contributed by atoms with E-state index < -0.39 is 12.0 Å². The Morgan fingerprint density at radius 1 is 1.26 bits per heavy atom. The van der Waals surface area contributed by atoms with Gasteiger partial charge in [0, 0.05) is 6.04 Å². The van der Waals surface area contributed by atoms with E-state index in [0.29, 0.717) is 12.5 Å². The number of carboxylic acid groups (broad SMARTS) is 1. The van der Waals surface area contributed by atoms with Crippen LogP contribution in [0.4, 0.5) is 0 Å². The molecular formula is C16H25NO2. The summed E-state index contributed by atoms with van der Waals surface area (Å²) in [5, 5.41) is 12.6. The summed E-state index contributed by atoms with van der Waals surface area (Å²) in [5.41, 5.74) is 1.06. The van der Waals surface area contributed by atoms with Gasteiger partial charge in [-0.1, -0.05) is 57.0 Å². The zero-order valence-corrected chi connectivity index (χ0v) is 11.9. The van der Waals surface area contributed by atoms with Crippen LogP contribution in [0.1, 0.15) is 45.1 Å². The van der Waals surface area contributed by atoms with Gasteiger partial charge in [-0.2, -0.15) is 0 Å². The van der Waals surface area contributed by atoms with E-state index in [2.05, 4.69) is 19.2 Å². The van der Waals surface area contributed by atoms with Crippen molar-refractivity contribution in [3.8, 4) is 0 Å². The highest BCUT2D eigenvalue weighted by Gasteiger charge is 2.20. The maximum absolute atomic E-state index is 11.4. The lowest BCUT2D eigenvalue weighted by molar-refractivity contribution is -0.139. The number of carboxylic acids is 1. The van der Waals surface area contributed by atoms with E-state index in [0.717, 1.165) is 31.2 Å². The third-order valence-electron chi connectivity index (χ3n) is 3.42. The molecule has 3 nitrogen and oxygen atoms in total. The molecule has 0 radical (unpaired) electrons. The molecule has 1 aromatic rings. The van der Waals surface area contributed by atoms with Crippen molar-refractivity contribution in [1.82, 2.24) is 5.32 Å². The molecule has 1 unspecified atom stereocenters. The Balaban J connectivity index is 2.59. The second kappa shape index (κ2) is 8.70. The van der Waals surface area contributed by atoms with Crippen LogP contribution in [0.5, 0.6) is 0 Å². The number of carbonyl (C=O) groups is 1.